The molecule has 4 aliphatic rings. The van der Waals surface area contributed by atoms with Crippen molar-refractivity contribution in [1.29, 1.82) is 0 Å². The Labute approximate surface area is 159 Å². The smallest absolute Gasteiger partial charge is 0.270 e. The summed E-state index contributed by atoms with van der Waals surface area (Å²) in [6.07, 6.45) is 10.6. The summed E-state index contributed by atoms with van der Waals surface area (Å²) in [4.78, 5) is 24.9. The first-order valence-electron chi connectivity index (χ1n) is 8.60. The third kappa shape index (κ3) is 3.17. The van der Waals surface area contributed by atoms with E-state index in [0.717, 1.165) is 37.0 Å². The Morgan fingerprint density at radius 1 is 1.00 bits per heavy atom. The monoisotopic (exact) mass is 441 g/mol. The maximum Gasteiger partial charge on any atom is 0.270 e. The van der Waals surface area contributed by atoms with E-state index >= 15 is 0 Å². The highest BCUT2D eigenvalue weighted by molar-refractivity contribution is 5.95. The van der Waals surface area contributed by atoms with Crippen LogP contribution in [0.2, 0.25) is 0 Å². The Kier molecular flexibility index (Phi) is 4.86. The van der Waals surface area contributed by atoms with E-state index in [2.05, 4.69) is 10.9 Å². The molecular weight excluding hydrogens is 417 g/mol. The number of hydrazine groups is 1. The highest BCUT2D eigenvalue weighted by Crippen LogP contribution is 2.59. The Hall–Kier alpha value is -1.18. The van der Waals surface area contributed by atoms with Crippen molar-refractivity contribution in [3.05, 3.63) is 30.1 Å². The number of nitrogens with zero attached hydrogens (tertiary/aromatic N) is 1. The number of halogens is 1. The minimum absolute atomic E-state index is 0. The molecule has 4 saturated carbocycles. The lowest BCUT2D eigenvalue weighted by Gasteiger charge is -2.55. The number of aryl methyl sites for hydroxylation is 1. The molecule has 0 aliphatic heterocycles. The van der Waals surface area contributed by atoms with E-state index in [-0.39, 0.29) is 41.2 Å². The van der Waals surface area contributed by atoms with Gasteiger partial charge in [0.15, 0.2) is 12.4 Å². The molecule has 130 valence electrons. The number of rotatable bonds is 2. The molecule has 4 aliphatic carbocycles. The summed E-state index contributed by atoms with van der Waals surface area (Å²) in [5, 5.41) is 0. The van der Waals surface area contributed by atoms with Gasteiger partial charge in [-0.25, -0.2) is 4.57 Å². The zero-order chi connectivity index (χ0) is 16.0. The van der Waals surface area contributed by atoms with Gasteiger partial charge in [0, 0.05) is 12.1 Å². The quantitative estimate of drug-likeness (QED) is 0.333. The van der Waals surface area contributed by atoms with Crippen LogP contribution in [0.4, 0.5) is 0 Å². The Bertz CT molecular complexity index is 609. The Morgan fingerprint density at radius 3 is 2.00 bits per heavy atom. The molecule has 2 N–H and O–H groups in total. The van der Waals surface area contributed by atoms with Gasteiger partial charge in [-0.1, -0.05) is 0 Å². The summed E-state index contributed by atoms with van der Waals surface area (Å²) in [5.41, 5.74) is 5.62. The van der Waals surface area contributed by atoms with Gasteiger partial charge in [-0.05, 0) is 56.3 Å². The fourth-order valence-corrected chi connectivity index (χ4v) is 5.36. The van der Waals surface area contributed by atoms with Crippen molar-refractivity contribution < 1.29 is 38.1 Å². The van der Waals surface area contributed by atoms with Gasteiger partial charge in [0.25, 0.3) is 5.91 Å². The second-order valence-electron chi connectivity index (χ2n) is 7.86. The first-order valence-corrected chi connectivity index (χ1v) is 8.60. The van der Waals surface area contributed by atoms with Crippen LogP contribution < -0.4 is 39.4 Å². The molecule has 2 amide bonds. The lowest BCUT2D eigenvalue weighted by molar-refractivity contribution is -0.671. The van der Waals surface area contributed by atoms with Crippen LogP contribution in [0.1, 0.15) is 48.9 Å². The van der Waals surface area contributed by atoms with Crippen molar-refractivity contribution in [2.45, 2.75) is 38.5 Å². The van der Waals surface area contributed by atoms with E-state index in [4.69, 9.17) is 0 Å². The van der Waals surface area contributed by atoms with Crippen LogP contribution in [0.15, 0.2) is 24.5 Å². The molecule has 0 atom stereocenters. The molecule has 5 rings (SSSR count). The number of aromatic nitrogens is 1. The topological polar surface area (TPSA) is 62.1 Å². The zero-order valence-electron chi connectivity index (χ0n) is 13.9. The van der Waals surface area contributed by atoms with E-state index in [1.165, 1.54) is 19.3 Å². The fraction of sp³-hybridized carbons (Fsp3) is 0.611. The summed E-state index contributed by atoms with van der Waals surface area (Å²) in [5.74, 6) is 1.92. The SMILES string of the molecule is C[n+]1ccc(C(=O)NNC(=O)C23CC4CC(CC(C4)C2)C3)cc1.[I-]. The van der Waals surface area contributed by atoms with Crippen LogP contribution in [-0.2, 0) is 11.8 Å². The average Bonchev–Trinajstić information content (AvgIpc) is 2.51. The molecule has 0 spiro atoms. The van der Waals surface area contributed by atoms with Gasteiger partial charge < -0.3 is 24.0 Å². The van der Waals surface area contributed by atoms with Crippen molar-refractivity contribution in [1.82, 2.24) is 10.9 Å². The summed E-state index contributed by atoms with van der Waals surface area (Å²) >= 11 is 0. The van der Waals surface area contributed by atoms with Gasteiger partial charge in [0.2, 0.25) is 5.91 Å². The highest BCUT2D eigenvalue weighted by atomic mass is 127. The van der Waals surface area contributed by atoms with Crippen molar-refractivity contribution in [3.8, 4) is 0 Å². The number of pyridine rings is 1. The molecule has 4 fully saturated rings. The van der Waals surface area contributed by atoms with Crippen LogP contribution in [-0.4, -0.2) is 11.8 Å². The van der Waals surface area contributed by atoms with Crippen LogP contribution in [0, 0.1) is 23.2 Å². The number of nitrogens with one attached hydrogen (secondary N) is 2. The van der Waals surface area contributed by atoms with Gasteiger partial charge in [-0.15, -0.1) is 0 Å². The second kappa shape index (κ2) is 6.61. The maximum atomic E-state index is 12.8. The normalized spacial score (nSPS) is 32.8. The molecule has 1 aromatic heterocycles. The van der Waals surface area contributed by atoms with Crippen LogP contribution in [0.3, 0.4) is 0 Å². The Balaban J connectivity index is 0.00000169. The Morgan fingerprint density at radius 2 is 1.50 bits per heavy atom. The van der Waals surface area contributed by atoms with Gasteiger partial charge in [0.05, 0.1) is 11.0 Å². The van der Waals surface area contributed by atoms with E-state index in [0.29, 0.717) is 5.56 Å². The predicted octanol–water partition coefficient (Wildman–Crippen LogP) is -1.51. The van der Waals surface area contributed by atoms with Gasteiger partial charge in [-0.3, -0.25) is 20.4 Å². The average molecular weight is 441 g/mol. The summed E-state index contributed by atoms with van der Waals surface area (Å²) in [6.45, 7) is 0. The highest BCUT2D eigenvalue weighted by Gasteiger charge is 2.54. The van der Waals surface area contributed by atoms with E-state index in [1.807, 2.05) is 24.0 Å². The third-order valence-corrected chi connectivity index (χ3v) is 6.05. The standard InChI is InChI=1S/C18H23N3O2.HI/c1-21-4-2-15(3-5-21)16(22)19-20-17(23)18-9-12-6-13(10-18)8-14(7-12)11-18;/h2-5,12-14,22H,6-11H2,1H3;1H. The molecule has 0 unspecified atom stereocenters. The summed E-state index contributed by atoms with van der Waals surface area (Å²) in [6, 6.07) is 3.48. The fourth-order valence-electron chi connectivity index (χ4n) is 5.36. The number of amides is 2. The number of hydrogen-bond donors (Lipinski definition) is 2. The van der Waals surface area contributed by atoms with Crippen LogP contribution in [0.5, 0.6) is 0 Å². The first kappa shape index (κ1) is 17.6. The van der Waals surface area contributed by atoms with Gasteiger partial charge in [-0.2, -0.15) is 0 Å². The predicted molar refractivity (Wildman–Crippen MR) is 83.8 cm³/mol. The minimum atomic E-state index is -0.260. The summed E-state index contributed by atoms with van der Waals surface area (Å²) in [7, 11) is 1.90. The van der Waals surface area contributed by atoms with Crippen molar-refractivity contribution in [3.63, 3.8) is 0 Å². The molecule has 0 radical (unpaired) electrons. The maximum absolute atomic E-state index is 12.8. The second-order valence-corrected chi connectivity index (χ2v) is 7.86. The molecule has 1 heterocycles. The molecule has 5 nitrogen and oxygen atoms in total. The van der Waals surface area contributed by atoms with Crippen molar-refractivity contribution in [2.75, 3.05) is 0 Å². The molecule has 4 bridgehead atoms. The summed E-state index contributed by atoms with van der Waals surface area (Å²) < 4.78 is 1.87. The number of hydrogen-bond acceptors (Lipinski definition) is 2. The molecule has 6 heteroatoms. The van der Waals surface area contributed by atoms with Crippen molar-refractivity contribution >= 4 is 11.8 Å². The zero-order valence-corrected chi connectivity index (χ0v) is 16.1. The van der Waals surface area contributed by atoms with E-state index in [9.17, 15) is 9.59 Å². The number of carbonyl (C=O) groups is 2. The molecular formula is C18H24IN3O2. The van der Waals surface area contributed by atoms with Crippen LogP contribution in [0.25, 0.3) is 0 Å². The largest absolute Gasteiger partial charge is 1.00 e. The van der Waals surface area contributed by atoms with Gasteiger partial charge in [0.1, 0.15) is 7.05 Å². The molecule has 0 aromatic carbocycles. The molecule has 1 aromatic rings. The third-order valence-electron chi connectivity index (χ3n) is 6.05. The molecule has 0 saturated heterocycles. The minimum Gasteiger partial charge on any atom is -1.00 e. The lowest BCUT2D eigenvalue weighted by atomic mass is 9.49. The van der Waals surface area contributed by atoms with Crippen molar-refractivity contribution in [2.24, 2.45) is 30.2 Å². The molecule has 24 heavy (non-hydrogen) atoms. The van der Waals surface area contributed by atoms with Gasteiger partial charge >= 0.3 is 0 Å². The number of carbonyl (C=O) groups excluding carboxylic acids is 2. The van der Waals surface area contributed by atoms with E-state index < -0.39 is 0 Å². The first-order chi connectivity index (χ1) is 11.0. The van der Waals surface area contributed by atoms with E-state index in [1.54, 1.807) is 12.1 Å². The lowest BCUT2D eigenvalue weighted by Crippen LogP contribution is -3.00. The van der Waals surface area contributed by atoms with Crippen LogP contribution >= 0.6 is 0 Å².